The summed E-state index contributed by atoms with van der Waals surface area (Å²) in [5, 5.41) is 0. The fourth-order valence-corrected chi connectivity index (χ4v) is 1.80. The minimum Gasteiger partial charge on any atom is -0.309 e. The molecule has 0 aliphatic carbocycles. The molecule has 0 unspecified atom stereocenters. The molecule has 4 heteroatoms. The predicted molar refractivity (Wildman–Crippen MR) is 46.4 cm³/mol. The number of hydrazine groups is 2. The Hall–Kier alpha value is -1.00. The summed E-state index contributed by atoms with van der Waals surface area (Å²) in [5.41, 5.74) is 9.75. The van der Waals surface area contributed by atoms with Crippen LogP contribution >= 0.6 is 11.3 Å². The van der Waals surface area contributed by atoms with Gasteiger partial charge in [0.1, 0.15) is 0 Å². The maximum absolute atomic E-state index is 3.00. The third-order valence-electron chi connectivity index (χ3n) is 1.49. The number of hydrogen-bond acceptors (Lipinski definition) is 4. The molecule has 1 aromatic rings. The molecule has 0 radical (unpaired) electrons. The third kappa shape index (κ3) is 1.22. The molecule has 0 bridgehead atoms. The lowest BCUT2D eigenvalue weighted by atomic mass is 10.4. The van der Waals surface area contributed by atoms with Crippen LogP contribution in [-0.2, 0) is 0 Å². The van der Waals surface area contributed by atoms with Crippen molar-refractivity contribution >= 4 is 17.0 Å². The van der Waals surface area contributed by atoms with Gasteiger partial charge in [0, 0.05) is 11.1 Å². The molecule has 2 heterocycles. The molecule has 11 heavy (non-hydrogen) atoms. The van der Waals surface area contributed by atoms with Gasteiger partial charge in [-0.25, -0.2) is 0 Å². The second-order valence-corrected chi connectivity index (χ2v) is 3.65. The Balaban J connectivity index is 2.28. The summed E-state index contributed by atoms with van der Waals surface area (Å²) >= 11 is 1.77. The van der Waals surface area contributed by atoms with Gasteiger partial charge in [0.25, 0.3) is 0 Å². The van der Waals surface area contributed by atoms with E-state index >= 15 is 0 Å². The van der Waals surface area contributed by atoms with Crippen LogP contribution in [0.1, 0.15) is 9.75 Å². The van der Waals surface area contributed by atoms with E-state index in [2.05, 4.69) is 35.4 Å². The van der Waals surface area contributed by atoms with Gasteiger partial charge in [-0.05, 0) is 19.1 Å². The monoisotopic (exact) mass is 167 g/mol. The smallest absolute Gasteiger partial charge is 0.0848 e. The van der Waals surface area contributed by atoms with E-state index in [1.807, 2.05) is 6.20 Å². The first-order chi connectivity index (χ1) is 5.36. The number of thiophene rings is 1. The van der Waals surface area contributed by atoms with E-state index in [4.69, 9.17) is 0 Å². The van der Waals surface area contributed by atoms with Crippen LogP contribution in [-0.4, -0.2) is 0 Å². The maximum Gasteiger partial charge on any atom is 0.0848 e. The average Bonchev–Trinajstić information content (AvgIpc) is 2.55. The van der Waals surface area contributed by atoms with Gasteiger partial charge in [-0.2, -0.15) is 5.53 Å². The van der Waals surface area contributed by atoms with Crippen molar-refractivity contribution in [2.45, 2.75) is 6.92 Å². The van der Waals surface area contributed by atoms with E-state index in [-0.39, 0.29) is 0 Å². The Morgan fingerprint density at radius 3 is 2.82 bits per heavy atom. The highest BCUT2D eigenvalue weighted by atomic mass is 32.1. The fourth-order valence-electron chi connectivity index (χ4n) is 0.960. The van der Waals surface area contributed by atoms with Crippen LogP contribution in [0.3, 0.4) is 0 Å². The van der Waals surface area contributed by atoms with E-state index in [9.17, 15) is 0 Å². The highest BCUT2D eigenvalue weighted by Crippen LogP contribution is 2.21. The second kappa shape index (κ2) is 2.56. The normalized spacial score (nSPS) is 15.5. The van der Waals surface area contributed by atoms with Gasteiger partial charge in [0.2, 0.25) is 0 Å². The van der Waals surface area contributed by atoms with Crippen molar-refractivity contribution in [1.29, 1.82) is 0 Å². The molecule has 0 amide bonds. The summed E-state index contributed by atoms with van der Waals surface area (Å²) < 4.78 is 0. The zero-order valence-electron chi connectivity index (χ0n) is 6.14. The number of rotatable bonds is 1. The summed E-state index contributed by atoms with van der Waals surface area (Å²) in [6.07, 6.45) is 1.91. The van der Waals surface area contributed by atoms with Gasteiger partial charge in [-0.1, -0.05) is 0 Å². The molecule has 3 N–H and O–H groups in total. The van der Waals surface area contributed by atoms with Crippen LogP contribution < -0.4 is 16.4 Å². The number of aryl methyl sites for hydroxylation is 1. The molecule has 0 aromatic carbocycles. The first-order valence-electron chi connectivity index (χ1n) is 3.40. The minimum absolute atomic E-state index is 1.10. The Morgan fingerprint density at radius 1 is 1.36 bits per heavy atom. The maximum atomic E-state index is 3.00. The number of hydrogen-bond donors (Lipinski definition) is 3. The Morgan fingerprint density at radius 2 is 2.27 bits per heavy atom. The number of nitrogens with one attached hydrogen (secondary N) is 3. The quantitative estimate of drug-likeness (QED) is 0.583. The standard InChI is InChI=1S/C7H9N3S/c1-5-2-3-7(11-5)6-4-8-10-9-6/h2-4,8-10H,1H3. The first kappa shape index (κ1) is 6.69. The Labute approximate surface area is 69.1 Å². The molecule has 1 aliphatic rings. The summed E-state index contributed by atoms with van der Waals surface area (Å²) in [6, 6.07) is 4.22. The van der Waals surface area contributed by atoms with E-state index < -0.39 is 0 Å². The Bertz CT molecular complexity index is 290. The molecule has 0 spiro atoms. The molecule has 2 rings (SSSR count). The van der Waals surface area contributed by atoms with Crippen LogP contribution in [0.25, 0.3) is 5.70 Å². The van der Waals surface area contributed by atoms with Crippen LogP contribution in [0.5, 0.6) is 0 Å². The van der Waals surface area contributed by atoms with Crippen molar-refractivity contribution < 1.29 is 0 Å². The highest BCUT2D eigenvalue weighted by molar-refractivity contribution is 7.13. The molecular weight excluding hydrogens is 158 g/mol. The summed E-state index contributed by atoms with van der Waals surface area (Å²) in [4.78, 5) is 2.58. The van der Waals surface area contributed by atoms with Gasteiger partial charge in [0.15, 0.2) is 0 Å². The lowest BCUT2D eigenvalue weighted by Crippen LogP contribution is -2.31. The summed E-state index contributed by atoms with van der Waals surface area (Å²) in [7, 11) is 0. The lowest BCUT2D eigenvalue weighted by Gasteiger charge is -1.97. The van der Waals surface area contributed by atoms with Gasteiger partial charge >= 0.3 is 0 Å². The van der Waals surface area contributed by atoms with Gasteiger partial charge in [-0.15, -0.1) is 11.3 Å². The molecule has 1 aliphatic heterocycles. The van der Waals surface area contributed by atoms with Crippen molar-refractivity contribution in [3.05, 3.63) is 28.1 Å². The molecule has 58 valence electrons. The van der Waals surface area contributed by atoms with Gasteiger partial charge < -0.3 is 10.9 Å². The van der Waals surface area contributed by atoms with Crippen LogP contribution in [0.4, 0.5) is 0 Å². The second-order valence-electron chi connectivity index (χ2n) is 2.36. The van der Waals surface area contributed by atoms with Crippen molar-refractivity contribution in [2.24, 2.45) is 0 Å². The topological polar surface area (TPSA) is 36.1 Å². The zero-order valence-corrected chi connectivity index (χ0v) is 6.96. The molecule has 0 fully saturated rings. The van der Waals surface area contributed by atoms with E-state index in [0.717, 1.165) is 5.70 Å². The van der Waals surface area contributed by atoms with Crippen LogP contribution in [0.15, 0.2) is 18.3 Å². The molecule has 1 aromatic heterocycles. The van der Waals surface area contributed by atoms with Gasteiger partial charge in [0.05, 0.1) is 10.6 Å². The minimum atomic E-state index is 1.10. The third-order valence-corrected chi connectivity index (χ3v) is 2.53. The summed E-state index contributed by atoms with van der Waals surface area (Å²) in [5.74, 6) is 0. The van der Waals surface area contributed by atoms with Crippen molar-refractivity contribution in [3.63, 3.8) is 0 Å². The van der Waals surface area contributed by atoms with Gasteiger partial charge in [-0.3, -0.25) is 0 Å². The molecule has 0 atom stereocenters. The van der Waals surface area contributed by atoms with Crippen molar-refractivity contribution in [1.82, 2.24) is 16.4 Å². The van der Waals surface area contributed by atoms with E-state index in [1.165, 1.54) is 9.75 Å². The van der Waals surface area contributed by atoms with E-state index in [1.54, 1.807) is 11.3 Å². The first-order valence-corrected chi connectivity index (χ1v) is 4.21. The van der Waals surface area contributed by atoms with E-state index in [0.29, 0.717) is 0 Å². The Kier molecular flexibility index (Phi) is 1.56. The molecule has 3 nitrogen and oxygen atoms in total. The SMILES string of the molecule is Cc1ccc(C2=CNNN2)s1. The molecular formula is C7H9N3S. The highest BCUT2D eigenvalue weighted by Gasteiger charge is 2.06. The van der Waals surface area contributed by atoms with Crippen LogP contribution in [0, 0.1) is 6.92 Å². The molecule has 0 saturated heterocycles. The van der Waals surface area contributed by atoms with Crippen molar-refractivity contribution in [3.8, 4) is 0 Å². The predicted octanol–water partition coefficient (Wildman–Crippen LogP) is 0.967. The zero-order chi connectivity index (χ0) is 7.68. The average molecular weight is 167 g/mol. The van der Waals surface area contributed by atoms with Crippen molar-refractivity contribution in [2.75, 3.05) is 0 Å². The fraction of sp³-hybridized carbons (Fsp3) is 0.143. The molecule has 0 saturated carbocycles. The van der Waals surface area contributed by atoms with Crippen LogP contribution in [0.2, 0.25) is 0 Å². The lowest BCUT2D eigenvalue weighted by molar-refractivity contribution is 0.621. The summed E-state index contributed by atoms with van der Waals surface area (Å²) in [6.45, 7) is 2.10. The largest absolute Gasteiger partial charge is 0.309 e.